The molecule has 0 aliphatic carbocycles. The summed E-state index contributed by atoms with van der Waals surface area (Å²) in [6.07, 6.45) is -0.000610. The molecule has 3 heterocycles. The molecule has 2 amide bonds. The molecule has 0 spiro atoms. The van der Waals surface area contributed by atoms with Crippen LogP contribution in [0.2, 0.25) is 0 Å². The lowest BCUT2D eigenvalue weighted by Gasteiger charge is -2.21. The number of anilines is 2. The zero-order valence-electron chi connectivity index (χ0n) is 37.5. The van der Waals surface area contributed by atoms with Crippen molar-refractivity contribution in [3.05, 3.63) is 208 Å². The first-order valence-corrected chi connectivity index (χ1v) is 23.6. The highest BCUT2D eigenvalue weighted by Crippen LogP contribution is 2.40. The fourth-order valence-electron chi connectivity index (χ4n) is 8.36. The van der Waals surface area contributed by atoms with Crippen LogP contribution in [0, 0.1) is 5.82 Å². The lowest BCUT2D eigenvalue weighted by atomic mass is 10.0. The molecule has 0 atom stereocenters. The first-order chi connectivity index (χ1) is 34.0. The molecule has 1 aliphatic rings. The molecule has 14 nitrogen and oxygen atoms in total. The first kappa shape index (κ1) is 45.0. The molecule has 1 fully saturated rings. The predicted molar refractivity (Wildman–Crippen MR) is 265 cm³/mol. The van der Waals surface area contributed by atoms with E-state index >= 15 is 4.39 Å². The number of halogens is 1. The number of carbonyl (C=O) groups is 2. The van der Waals surface area contributed by atoms with E-state index in [0.29, 0.717) is 50.1 Å². The molecule has 7 aromatic carbocycles. The van der Waals surface area contributed by atoms with Gasteiger partial charge in [-0.05, 0) is 81.2 Å². The molecule has 16 heteroatoms. The number of rotatable bonds is 15. The van der Waals surface area contributed by atoms with E-state index in [1.165, 1.54) is 18.2 Å². The minimum Gasteiger partial charge on any atom is -0.487 e. The topological polar surface area (TPSA) is 163 Å². The van der Waals surface area contributed by atoms with Gasteiger partial charge in [0.15, 0.2) is 5.82 Å². The van der Waals surface area contributed by atoms with Crippen molar-refractivity contribution in [1.29, 1.82) is 0 Å². The third-order valence-electron chi connectivity index (χ3n) is 11.8. The standard InChI is InChI=1S/C54H43FN6O8S/c1-59-46-29-40(20-23-44(46)61(54(59)64)45-24-25-50(68-33-36-14-7-3-8-15-36)57-53(45)69-34-37-16-9-4-10-17-37)39-19-11-18-38(26-39)27-48(62)56-42-21-22-43-41(28-42)30-47(67-32-35-12-5-2-6-13-35)52(51(43)55)60-31-49(63)58-70(60,65)66/h2-26,28-30H,27,31-34H2,1H3,(H,56,62)(H,58,63). The molecule has 9 aromatic rings. The molecule has 2 aromatic heterocycles. The summed E-state index contributed by atoms with van der Waals surface area (Å²) in [5.41, 5.74) is 6.41. The molecule has 350 valence electrons. The smallest absolute Gasteiger partial charge is 0.333 e. The summed E-state index contributed by atoms with van der Waals surface area (Å²) in [5.74, 6) is -1.57. The fraction of sp³-hybridized carbons (Fsp3) is 0.111. The van der Waals surface area contributed by atoms with Gasteiger partial charge in [-0.1, -0.05) is 121 Å². The quantitative estimate of drug-likeness (QED) is 0.102. The Hall–Kier alpha value is -8.76. The second-order valence-electron chi connectivity index (χ2n) is 16.6. The summed E-state index contributed by atoms with van der Waals surface area (Å²) < 4.78 is 66.1. The average Bonchev–Trinajstić information content (AvgIpc) is 3.79. The summed E-state index contributed by atoms with van der Waals surface area (Å²) in [7, 11) is -2.67. The molecule has 0 unspecified atom stereocenters. The number of carbonyl (C=O) groups excluding carboxylic acids is 2. The van der Waals surface area contributed by atoms with E-state index in [-0.39, 0.29) is 48.2 Å². The second kappa shape index (κ2) is 19.1. The maximum Gasteiger partial charge on any atom is 0.333 e. The van der Waals surface area contributed by atoms with E-state index in [1.807, 2.05) is 126 Å². The van der Waals surface area contributed by atoms with Gasteiger partial charge in [-0.25, -0.2) is 18.2 Å². The minimum atomic E-state index is -4.37. The van der Waals surface area contributed by atoms with Crippen LogP contribution in [0.1, 0.15) is 22.3 Å². The highest BCUT2D eigenvalue weighted by atomic mass is 32.2. The molecule has 10 rings (SSSR count). The van der Waals surface area contributed by atoms with Crippen LogP contribution in [0.5, 0.6) is 17.5 Å². The van der Waals surface area contributed by atoms with Crippen molar-refractivity contribution in [2.45, 2.75) is 26.2 Å². The molecule has 0 bridgehead atoms. The van der Waals surface area contributed by atoms with Crippen LogP contribution < -0.4 is 34.2 Å². The number of ether oxygens (including phenoxy) is 3. The van der Waals surface area contributed by atoms with Crippen molar-refractivity contribution in [1.82, 2.24) is 18.8 Å². The number of amides is 2. The molecule has 1 aliphatic heterocycles. The Balaban J connectivity index is 0.893. The second-order valence-corrected chi connectivity index (χ2v) is 18.2. The molecule has 0 saturated carbocycles. The maximum atomic E-state index is 16.4. The SMILES string of the molecule is Cn1c(=O)n(-c2ccc(OCc3ccccc3)nc2OCc2ccccc2)c2ccc(-c3cccc(CC(=O)Nc4ccc5c(F)c(N6CC(=O)NS6(=O)=O)c(OCc6ccccc6)cc5c4)c3)cc21. The molecule has 0 radical (unpaired) electrons. The van der Waals surface area contributed by atoms with Crippen LogP contribution in [0.3, 0.4) is 0 Å². The maximum absolute atomic E-state index is 16.4. The number of hydrogen-bond acceptors (Lipinski definition) is 9. The van der Waals surface area contributed by atoms with Gasteiger partial charge < -0.3 is 19.5 Å². The number of aromatic nitrogens is 3. The molecule has 1 saturated heterocycles. The van der Waals surface area contributed by atoms with Gasteiger partial charge >= 0.3 is 15.9 Å². The van der Waals surface area contributed by atoms with E-state index < -0.39 is 34.2 Å². The van der Waals surface area contributed by atoms with Crippen LogP contribution in [0.25, 0.3) is 38.6 Å². The Labute approximate surface area is 401 Å². The van der Waals surface area contributed by atoms with Gasteiger partial charge in [-0.3, -0.25) is 18.7 Å². The van der Waals surface area contributed by atoms with Gasteiger partial charge in [0.25, 0.3) is 5.91 Å². The van der Waals surface area contributed by atoms with Gasteiger partial charge in [0, 0.05) is 24.2 Å². The van der Waals surface area contributed by atoms with E-state index in [4.69, 9.17) is 19.2 Å². The molecular weight excluding hydrogens is 912 g/mol. The lowest BCUT2D eigenvalue weighted by molar-refractivity contribution is -0.117. The van der Waals surface area contributed by atoms with E-state index in [0.717, 1.165) is 27.8 Å². The van der Waals surface area contributed by atoms with Crippen LogP contribution in [0.4, 0.5) is 15.8 Å². The Kier molecular flexibility index (Phi) is 12.3. The minimum absolute atomic E-state index is 0.000610. The van der Waals surface area contributed by atoms with E-state index in [1.54, 1.807) is 46.5 Å². The third-order valence-corrected chi connectivity index (χ3v) is 13.2. The van der Waals surface area contributed by atoms with E-state index in [2.05, 4.69) is 5.32 Å². The van der Waals surface area contributed by atoms with Crippen molar-refractivity contribution < 1.29 is 36.6 Å². The fourth-order valence-corrected chi connectivity index (χ4v) is 9.52. The number of pyridine rings is 1. The van der Waals surface area contributed by atoms with Gasteiger partial charge in [0.05, 0.1) is 17.5 Å². The van der Waals surface area contributed by atoms with E-state index in [9.17, 15) is 22.8 Å². The number of nitrogens with zero attached hydrogens (tertiary/aromatic N) is 4. The van der Waals surface area contributed by atoms with Gasteiger partial charge in [-0.2, -0.15) is 13.4 Å². The normalized spacial score (nSPS) is 13.1. The van der Waals surface area contributed by atoms with Gasteiger partial charge in [-0.15, -0.1) is 0 Å². The summed E-state index contributed by atoms with van der Waals surface area (Å²) >= 11 is 0. The highest BCUT2D eigenvalue weighted by molar-refractivity contribution is 7.92. The summed E-state index contributed by atoms with van der Waals surface area (Å²) in [4.78, 5) is 44.5. The van der Waals surface area contributed by atoms with Gasteiger partial charge in [0.1, 0.15) is 43.5 Å². The van der Waals surface area contributed by atoms with Crippen LogP contribution in [-0.4, -0.2) is 40.9 Å². The average molecular weight is 955 g/mol. The third kappa shape index (κ3) is 9.40. The highest BCUT2D eigenvalue weighted by Gasteiger charge is 2.38. The van der Waals surface area contributed by atoms with Crippen LogP contribution in [-0.2, 0) is 53.1 Å². The largest absolute Gasteiger partial charge is 0.487 e. The molecule has 2 N–H and O–H groups in total. The monoisotopic (exact) mass is 954 g/mol. The number of aryl methyl sites for hydroxylation is 1. The zero-order chi connectivity index (χ0) is 48.4. The Morgan fingerprint density at radius 3 is 2.00 bits per heavy atom. The van der Waals surface area contributed by atoms with Crippen molar-refractivity contribution in [2.24, 2.45) is 7.05 Å². The number of imidazole rings is 1. The molecule has 70 heavy (non-hydrogen) atoms. The van der Waals surface area contributed by atoms with Crippen LogP contribution >= 0.6 is 0 Å². The number of benzene rings is 7. The lowest BCUT2D eigenvalue weighted by Crippen LogP contribution is -2.30. The number of nitrogens with one attached hydrogen (secondary N) is 2. The van der Waals surface area contributed by atoms with Crippen molar-refractivity contribution in [3.8, 4) is 34.3 Å². The Bertz CT molecular complexity index is 3630. The first-order valence-electron chi connectivity index (χ1n) is 22.2. The summed E-state index contributed by atoms with van der Waals surface area (Å²) in [6.45, 7) is -0.104. The van der Waals surface area contributed by atoms with Gasteiger partial charge in [0.2, 0.25) is 17.7 Å². The summed E-state index contributed by atoms with van der Waals surface area (Å²) in [5, 5.41) is 3.28. The number of hydrogen-bond donors (Lipinski definition) is 2. The van der Waals surface area contributed by atoms with Crippen LogP contribution in [0.15, 0.2) is 175 Å². The predicted octanol–water partition coefficient (Wildman–Crippen LogP) is 8.78. The summed E-state index contributed by atoms with van der Waals surface area (Å²) in [6, 6.07) is 51.2. The number of fused-ring (bicyclic) bond motifs is 2. The Morgan fingerprint density at radius 1 is 0.686 bits per heavy atom. The van der Waals surface area contributed by atoms with Crippen molar-refractivity contribution in [3.63, 3.8) is 0 Å². The zero-order valence-corrected chi connectivity index (χ0v) is 38.4. The van der Waals surface area contributed by atoms with Crippen molar-refractivity contribution in [2.75, 3.05) is 16.2 Å². The van der Waals surface area contributed by atoms with Crippen molar-refractivity contribution >= 4 is 55.2 Å². The molecular formula is C54H43FN6O8S. The Morgan fingerprint density at radius 2 is 1.33 bits per heavy atom.